The van der Waals surface area contributed by atoms with E-state index in [4.69, 9.17) is 4.74 Å². The van der Waals surface area contributed by atoms with Crippen molar-refractivity contribution in [3.63, 3.8) is 0 Å². The number of fused-ring (bicyclic) bond motifs is 2. The molecule has 0 amide bonds. The lowest BCUT2D eigenvalue weighted by molar-refractivity contribution is -0.171. The third-order valence-electron chi connectivity index (χ3n) is 4.07. The first-order chi connectivity index (χ1) is 8.41. The Bertz CT molecular complexity index is 404. The molecule has 0 aromatic rings. The summed E-state index contributed by atoms with van der Waals surface area (Å²) in [6.45, 7) is 7.78. The van der Waals surface area contributed by atoms with Gasteiger partial charge < -0.3 is 9.84 Å². The third-order valence-corrected chi connectivity index (χ3v) is 4.07. The van der Waals surface area contributed by atoms with Crippen LogP contribution in [0.4, 0.5) is 0 Å². The van der Waals surface area contributed by atoms with Gasteiger partial charge in [0.05, 0.1) is 6.10 Å². The van der Waals surface area contributed by atoms with Crippen LogP contribution in [-0.2, 0) is 9.53 Å². The van der Waals surface area contributed by atoms with Gasteiger partial charge in [-0.15, -0.1) is 0 Å². The van der Waals surface area contributed by atoms with E-state index in [9.17, 15) is 9.90 Å². The Kier molecular flexibility index (Phi) is 3.74. The van der Waals surface area contributed by atoms with Crippen LogP contribution in [0.2, 0.25) is 0 Å². The number of aliphatic hydroxyl groups is 1. The van der Waals surface area contributed by atoms with Gasteiger partial charge in [0.1, 0.15) is 12.2 Å². The van der Waals surface area contributed by atoms with Gasteiger partial charge in [0, 0.05) is 0 Å². The number of carbonyl (C=O) groups excluding carboxylic acids is 1. The summed E-state index contributed by atoms with van der Waals surface area (Å²) in [4.78, 5) is 12.2. The molecule has 100 valence electrons. The van der Waals surface area contributed by atoms with Crippen LogP contribution in [-0.4, -0.2) is 29.2 Å². The van der Waals surface area contributed by atoms with Crippen molar-refractivity contribution < 1.29 is 14.6 Å². The minimum atomic E-state index is -0.472. The zero-order valence-corrected chi connectivity index (χ0v) is 11.5. The third kappa shape index (κ3) is 2.29. The molecule has 5 atom stereocenters. The highest BCUT2D eigenvalue weighted by Crippen LogP contribution is 2.40. The lowest BCUT2D eigenvalue weighted by Gasteiger charge is -2.46. The first-order valence-electron chi connectivity index (χ1n) is 6.60. The fourth-order valence-electron chi connectivity index (χ4n) is 2.98. The molecule has 18 heavy (non-hydrogen) atoms. The number of ketones is 1. The Balaban J connectivity index is 2.24. The van der Waals surface area contributed by atoms with E-state index in [0.29, 0.717) is 0 Å². The van der Waals surface area contributed by atoms with E-state index >= 15 is 0 Å². The fraction of sp³-hybridized carbons (Fsp3) is 0.667. The van der Waals surface area contributed by atoms with Crippen LogP contribution in [0.5, 0.6) is 0 Å². The summed E-state index contributed by atoms with van der Waals surface area (Å²) in [6, 6.07) is 0. The van der Waals surface area contributed by atoms with Crippen molar-refractivity contribution >= 4 is 5.78 Å². The molecule has 0 spiro atoms. The highest BCUT2D eigenvalue weighted by atomic mass is 16.5. The first-order valence-corrected chi connectivity index (χ1v) is 6.60. The zero-order chi connectivity index (χ0) is 13.4. The van der Waals surface area contributed by atoms with Crippen molar-refractivity contribution in [1.82, 2.24) is 0 Å². The number of carbonyl (C=O) groups is 1. The molecule has 1 N–H and O–H groups in total. The predicted molar refractivity (Wildman–Crippen MR) is 70.1 cm³/mol. The number of rotatable bonds is 2. The summed E-state index contributed by atoms with van der Waals surface area (Å²) in [5.74, 6) is 0.217. The average Bonchev–Trinajstić information content (AvgIpc) is 2.25. The maximum absolute atomic E-state index is 12.2. The van der Waals surface area contributed by atoms with Crippen molar-refractivity contribution in [2.75, 3.05) is 0 Å². The van der Waals surface area contributed by atoms with Gasteiger partial charge in [0.25, 0.3) is 0 Å². The Morgan fingerprint density at radius 1 is 1.50 bits per heavy atom. The molecule has 1 saturated heterocycles. The van der Waals surface area contributed by atoms with Gasteiger partial charge in [-0.25, -0.2) is 0 Å². The molecule has 1 aliphatic carbocycles. The molecular weight excluding hydrogens is 228 g/mol. The van der Waals surface area contributed by atoms with E-state index in [2.05, 4.69) is 6.08 Å². The van der Waals surface area contributed by atoms with Crippen molar-refractivity contribution in [2.24, 2.45) is 11.8 Å². The predicted octanol–water partition coefficient (Wildman–Crippen LogP) is 2.25. The Morgan fingerprint density at radius 2 is 2.17 bits per heavy atom. The van der Waals surface area contributed by atoms with E-state index in [-0.39, 0.29) is 23.7 Å². The molecule has 0 aromatic heterocycles. The second-order valence-electron chi connectivity index (χ2n) is 5.80. The highest BCUT2D eigenvalue weighted by Gasteiger charge is 2.46. The standard InChI is InChI=1S/C15H22O3/c1-8(2)7-12(16)15-10(4)11-6-5-9(3)14(18-15)13(11)17/h5,7,10-11,13-15,17H,6H2,1-4H3/t10-,11-,13?,14-,15+/m1/s1. The summed E-state index contributed by atoms with van der Waals surface area (Å²) >= 11 is 0. The first kappa shape index (κ1) is 13.5. The molecule has 3 heteroatoms. The quantitative estimate of drug-likeness (QED) is 0.604. The van der Waals surface area contributed by atoms with E-state index in [1.54, 1.807) is 6.08 Å². The van der Waals surface area contributed by atoms with Crippen LogP contribution in [0.25, 0.3) is 0 Å². The highest BCUT2D eigenvalue weighted by molar-refractivity contribution is 5.94. The van der Waals surface area contributed by atoms with Crippen LogP contribution < -0.4 is 0 Å². The van der Waals surface area contributed by atoms with E-state index in [1.165, 1.54) is 0 Å². The Hall–Kier alpha value is -0.930. The van der Waals surface area contributed by atoms with Crippen LogP contribution >= 0.6 is 0 Å². The molecule has 2 bridgehead atoms. The van der Waals surface area contributed by atoms with Gasteiger partial charge in [-0.2, -0.15) is 0 Å². The second-order valence-corrected chi connectivity index (χ2v) is 5.80. The van der Waals surface area contributed by atoms with Gasteiger partial charge in [-0.05, 0) is 50.7 Å². The number of hydrogen-bond acceptors (Lipinski definition) is 3. The van der Waals surface area contributed by atoms with Crippen LogP contribution in [0.1, 0.15) is 34.1 Å². The molecule has 1 fully saturated rings. The van der Waals surface area contributed by atoms with Crippen molar-refractivity contribution in [3.05, 3.63) is 23.3 Å². The summed E-state index contributed by atoms with van der Waals surface area (Å²) < 4.78 is 5.84. The van der Waals surface area contributed by atoms with E-state index in [1.807, 2.05) is 27.7 Å². The summed E-state index contributed by atoms with van der Waals surface area (Å²) in [5.41, 5.74) is 2.03. The number of allylic oxidation sites excluding steroid dienone is 2. The minimum Gasteiger partial charge on any atom is -0.390 e. The smallest absolute Gasteiger partial charge is 0.184 e. The van der Waals surface area contributed by atoms with Gasteiger partial charge in [-0.1, -0.05) is 18.6 Å². The topological polar surface area (TPSA) is 46.5 Å². The van der Waals surface area contributed by atoms with E-state index in [0.717, 1.165) is 17.6 Å². The minimum absolute atomic E-state index is 0.0269. The molecule has 0 radical (unpaired) electrons. The zero-order valence-electron chi connectivity index (χ0n) is 11.5. The molecule has 1 heterocycles. The van der Waals surface area contributed by atoms with Gasteiger partial charge >= 0.3 is 0 Å². The molecule has 1 unspecified atom stereocenters. The number of ether oxygens (including phenoxy) is 1. The maximum Gasteiger partial charge on any atom is 0.184 e. The molecule has 1 aliphatic heterocycles. The fourth-order valence-corrected chi connectivity index (χ4v) is 2.98. The molecule has 0 aromatic carbocycles. The average molecular weight is 250 g/mol. The molecule has 2 rings (SSSR count). The summed E-state index contributed by atoms with van der Waals surface area (Å²) in [5, 5.41) is 10.2. The monoisotopic (exact) mass is 250 g/mol. The van der Waals surface area contributed by atoms with Crippen LogP contribution in [0, 0.1) is 11.8 Å². The second kappa shape index (κ2) is 4.98. The molecule has 3 nitrogen and oxygen atoms in total. The summed E-state index contributed by atoms with van der Waals surface area (Å²) in [7, 11) is 0. The summed E-state index contributed by atoms with van der Waals surface area (Å²) in [6.07, 6.45) is 3.42. The molecular formula is C15H22O3. The Labute approximate surface area is 109 Å². The lowest BCUT2D eigenvalue weighted by atomic mass is 9.72. The van der Waals surface area contributed by atoms with Crippen LogP contribution in [0.3, 0.4) is 0 Å². The van der Waals surface area contributed by atoms with Crippen molar-refractivity contribution in [1.29, 1.82) is 0 Å². The van der Waals surface area contributed by atoms with Gasteiger partial charge in [0.2, 0.25) is 0 Å². The normalized spacial score (nSPS) is 38.9. The maximum atomic E-state index is 12.2. The van der Waals surface area contributed by atoms with Gasteiger partial charge in [-0.3, -0.25) is 4.79 Å². The SMILES string of the molecule is CC(C)=CC(=O)[C@H]1O[C@@H]2C(C)=CC[C@@H](C2O)[C@H]1C. The number of hydrogen-bond donors (Lipinski definition) is 1. The molecule has 2 aliphatic rings. The molecule has 0 saturated carbocycles. The lowest BCUT2D eigenvalue weighted by Crippen LogP contribution is -2.54. The van der Waals surface area contributed by atoms with E-state index < -0.39 is 12.2 Å². The largest absolute Gasteiger partial charge is 0.390 e. The van der Waals surface area contributed by atoms with Crippen molar-refractivity contribution in [2.45, 2.75) is 52.4 Å². The number of aliphatic hydroxyl groups excluding tert-OH is 1. The van der Waals surface area contributed by atoms with Gasteiger partial charge in [0.15, 0.2) is 5.78 Å². The van der Waals surface area contributed by atoms with Crippen molar-refractivity contribution in [3.8, 4) is 0 Å². The Morgan fingerprint density at radius 3 is 2.78 bits per heavy atom. The van der Waals surface area contributed by atoms with Crippen LogP contribution in [0.15, 0.2) is 23.3 Å².